The SMILES string of the molecule is COc1cccc([C@@H]2C[C@@H]2C(=O)N2CC[C@H](Cc3cnn(C)c3)C2)c1. The Balaban J connectivity index is 1.33. The number of hydrogen-bond acceptors (Lipinski definition) is 3. The molecule has 2 heterocycles. The summed E-state index contributed by atoms with van der Waals surface area (Å²) in [6.07, 6.45) is 7.09. The molecule has 1 saturated carbocycles. The van der Waals surface area contributed by atoms with Gasteiger partial charge in [-0.25, -0.2) is 0 Å². The molecule has 0 spiro atoms. The summed E-state index contributed by atoms with van der Waals surface area (Å²) < 4.78 is 7.14. The number of carbonyl (C=O) groups is 1. The number of hydrogen-bond donors (Lipinski definition) is 0. The molecule has 4 rings (SSSR count). The van der Waals surface area contributed by atoms with Crippen molar-refractivity contribution in [1.29, 1.82) is 0 Å². The summed E-state index contributed by atoms with van der Waals surface area (Å²) in [4.78, 5) is 14.9. The third-order valence-corrected chi connectivity index (χ3v) is 5.51. The molecule has 2 aliphatic rings. The fourth-order valence-electron chi connectivity index (χ4n) is 4.05. The maximum Gasteiger partial charge on any atom is 0.226 e. The van der Waals surface area contributed by atoms with E-state index in [0.717, 1.165) is 38.1 Å². The first-order chi connectivity index (χ1) is 12.1. The Labute approximate surface area is 148 Å². The van der Waals surface area contributed by atoms with Gasteiger partial charge in [0.15, 0.2) is 0 Å². The van der Waals surface area contributed by atoms with E-state index in [9.17, 15) is 4.79 Å². The van der Waals surface area contributed by atoms with E-state index in [1.807, 2.05) is 30.1 Å². The number of ether oxygens (including phenoxy) is 1. The number of likely N-dealkylation sites (tertiary alicyclic amines) is 1. The van der Waals surface area contributed by atoms with Crippen molar-refractivity contribution in [3.8, 4) is 5.75 Å². The summed E-state index contributed by atoms with van der Waals surface area (Å²) in [6.45, 7) is 1.78. The van der Waals surface area contributed by atoms with Crippen LogP contribution in [0, 0.1) is 11.8 Å². The molecule has 1 aromatic carbocycles. The number of nitrogens with zero attached hydrogens (tertiary/aromatic N) is 3. The molecule has 132 valence electrons. The molecule has 0 radical (unpaired) electrons. The molecule has 1 aliphatic heterocycles. The molecule has 25 heavy (non-hydrogen) atoms. The number of methoxy groups -OCH3 is 1. The van der Waals surface area contributed by atoms with Gasteiger partial charge in [0.2, 0.25) is 5.91 Å². The molecule has 3 atom stereocenters. The second kappa shape index (κ2) is 6.54. The second-order valence-electron chi connectivity index (χ2n) is 7.39. The van der Waals surface area contributed by atoms with Crippen LogP contribution in [0.4, 0.5) is 0 Å². The van der Waals surface area contributed by atoms with Crippen molar-refractivity contribution in [2.75, 3.05) is 20.2 Å². The molecule has 5 nitrogen and oxygen atoms in total. The van der Waals surface area contributed by atoms with Crippen LogP contribution >= 0.6 is 0 Å². The summed E-state index contributed by atoms with van der Waals surface area (Å²) in [7, 11) is 3.63. The van der Waals surface area contributed by atoms with Crippen molar-refractivity contribution in [3.63, 3.8) is 0 Å². The maximum absolute atomic E-state index is 12.8. The van der Waals surface area contributed by atoms with Gasteiger partial charge < -0.3 is 9.64 Å². The number of rotatable bonds is 5. The first kappa shape index (κ1) is 16.2. The lowest BCUT2D eigenvalue weighted by Crippen LogP contribution is -2.30. The van der Waals surface area contributed by atoms with Gasteiger partial charge in [-0.1, -0.05) is 12.1 Å². The van der Waals surface area contributed by atoms with Crippen LogP contribution in [-0.4, -0.2) is 40.8 Å². The highest BCUT2D eigenvalue weighted by Crippen LogP contribution is 2.49. The van der Waals surface area contributed by atoms with Gasteiger partial charge in [-0.15, -0.1) is 0 Å². The Morgan fingerprint density at radius 1 is 1.40 bits per heavy atom. The Bertz CT molecular complexity index is 770. The largest absolute Gasteiger partial charge is 0.497 e. The topological polar surface area (TPSA) is 47.4 Å². The third-order valence-electron chi connectivity index (χ3n) is 5.51. The van der Waals surface area contributed by atoms with E-state index in [2.05, 4.69) is 28.3 Å². The van der Waals surface area contributed by atoms with Gasteiger partial charge in [-0.2, -0.15) is 5.10 Å². The number of aromatic nitrogens is 2. The highest BCUT2D eigenvalue weighted by molar-refractivity contribution is 5.83. The minimum atomic E-state index is 0.157. The molecule has 0 bridgehead atoms. The molecule has 2 fully saturated rings. The minimum absolute atomic E-state index is 0.157. The number of aryl methyl sites for hydroxylation is 1. The summed E-state index contributed by atoms with van der Waals surface area (Å²) in [5.74, 6) is 2.28. The van der Waals surface area contributed by atoms with E-state index in [1.54, 1.807) is 7.11 Å². The lowest BCUT2D eigenvalue weighted by molar-refractivity contribution is -0.131. The third kappa shape index (κ3) is 3.41. The van der Waals surface area contributed by atoms with Crippen LogP contribution in [0.3, 0.4) is 0 Å². The summed E-state index contributed by atoms with van der Waals surface area (Å²) in [6, 6.07) is 8.13. The van der Waals surface area contributed by atoms with Crippen LogP contribution < -0.4 is 4.74 Å². The minimum Gasteiger partial charge on any atom is -0.497 e. The van der Waals surface area contributed by atoms with Crippen LogP contribution in [0.2, 0.25) is 0 Å². The Hall–Kier alpha value is -2.30. The Kier molecular flexibility index (Phi) is 4.24. The molecular formula is C20H25N3O2. The molecule has 0 unspecified atom stereocenters. The Morgan fingerprint density at radius 3 is 3.04 bits per heavy atom. The second-order valence-corrected chi connectivity index (χ2v) is 7.39. The molecule has 1 saturated heterocycles. The molecule has 1 amide bonds. The van der Waals surface area contributed by atoms with Crippen molar-refractivity contribution in [2.45, 2.75) is 25.2 Å². The van der Waals surface area contributed by atoms with E-state index in [-0.39, 0.29) is 5.92 Å². The summed E-state index contributed by atoms with van der Waals surface area (Å²) in [5, 5.41) is 4.23. The summed E-state index contributed by atoms with van der Waals surface area (Å²) >= 11 is 0. The standard InChI is InChI=1S/C20H25N3O2/c1-22-12-15(11-21-22)8-14-6-7-23(13-14)20(24)19-10-18(19)16-4-3-5-17(9-16)25-2/h3-5,9,11-12,14,18-19H,6-8,10,13H2,1-2H3/t14-,18+,19+/m1/s1. The molecule has 1 aliphatic carbocycles. The predicted molar refractivity (Wildman–Crippen MR) is 95.4 cm³/mol. The molecule has 0 N–H and O–H groups in total. The lowest BCUT2D eigenvalue weighted by Gasteiger charge is -2.16. The molecular weight excluding hydrogens is 314 g/mol. The first-order valence-corrected chi connectivity index (χ1v) is 9.04. The van der Waals surface area contributed by atoms with E-state index < -0.39 is 0 Å². The normalized spacial score (nSPS) is 25.2. The predicted octanol–water partition coefficient (Wildman–Crippen LogP) is 2.62. The van der Waals surface area contributed by atoms with Crippen molar-refractivity contribution in [2.24, 2.45) is 18.9 Å². The highest BCUT2D eigenvalue weighted by atomic mass is 16.5. The fourth-order valence-corrected chi connectivity index (χ4v) is 4.05. The van der Waals surface area contributed by atoms with E-state index in [4.69, 9.17) is 4.74 Å². The average Bonchev–Trinajstić information content (AvgIpc) is 3.12. The molecule has 2 aromatic rings. The van der Waals surface area contributed by atoms with Crippen molar-refractivity contribution < 1.29 is 9.53 Å². The maximum atomic E-state index is 12.8. The fraction of sp³-hybridized carbons (Fsp3) is 0.500. The average molecular weight is 339 g/mol. The Morgan fingerprint density at radius 2 is 2.28 bits per heavy atom. The van der Waals surface area contributed by atoms with Crippen LogP contribution in [0.5, 0.6) is 5.75 Å². The van der Waals surface area contributed by atoms with Crippen molar-refractivity contribution in [1.82, 2.24) is 14.7 Å². The number of amides is 1. The van der Waals surface area contributed by atoms with E-state index in [1.165, 1.54) is 11.1 Å². The summed E-state index contributed by atoms with van der Waals surface area (Å²) in [5.41, 5.74) is 2.49. The monoisotopic (exact) mass is 339 g/mol. The van der Waals surface area contributed by atoms with Crippen LogP contribution in [0.25, 0.3) is 0 Å². The zero-order valence-corrected chi connectivity index (χ0v) is 14.9. The lowest BCUT2D eigenvalue weighted by atomic mass is 10.0. The number of benzene rings is 1. The van der Waals surface area contributed by atoms with E-state index in [0.29, 0.717) is 17.7 Å². The molecule has 1 aromatic heterocycles. The zero-order chi connectivity index (χ0) is 17.4. The first-order valence-electron chi connectivity index (χ1n) is 9.04. The van der Waals surface area contributed by atoms with Gasteiger partial charge in [0.05, 0.1) is 13.3 Å². The smallest absolute Gasteiger partial charge is 0.226 e. The van der Waals surface area contributed by atoms with E-state index >= 15 is 0 Å². The highest BCUT2D eigenvalue weighted by Gasteiger charge is 2.46. The molecule has 5 heteroatoms. The van der Waals surface area contributed by atoms with Crippen LogP contribution in [0.15, 0.2) is 36.7 Å². The zero-order valence-electron chi connectivity index (χ0n) is 14.9. The van der Waals surface area contributed by atoms with Crippen molar-refractivity contribution in [3.05, 3.63) is 47.8 Å². The van der Waals surface area contributed by atoms with Gasteiger partial charge in [0.25, 0.3) is 0 Å². The van der Waals surface area contributed by atoms with Gasteiger partial charge in [-0.3, -0.25) is 9.48 Å². The van der Waals surface area contributed by atoms with Crippen molar-refractivity contribution >= 4 is 5.91 Å². The number of carbonyl (C=O) groups excluding carboxylic acids is 1. The van der Waals surface area contributed by atoms with Gasteiger partial charge in [-0.05, 0) is 54.4 Å². The quantitative estimate of drug-likeness (QED) is 0.841. The van der Waals surface area contributed by atoms with Crippen LogP contribution in [-0.2, 0) is 18.3 Å². The van der Waals surface area contributed by atoms with Gasteiger partial charge in [0, 0.05) is 32.3 Å². The van der Waals surface area contributed by atoms with Gasteiger partial charge >= 0.3 is 0 Å². The van der Waals surface area contributed by atoms with Crippen LogP contribution in [0.1, 0.15) is 29.9 Å². The van der Waals surface area contributed by atoms with Gasteiger partial charge in [0.1, 0.15) is 5.75 Å².